The Morgan fingerprint density at radius 2 is 1.68 bits per heavy atom. The maximum atomic E-state index is 13.1. The van der Waals surface area contributed by atoms with Crippen LogP contribution in [0.25, 0.3) is 20.9 Å². The molecule has 4 rings (SSSR count). The van der Waals surface area contributed by atoms with E-state index in [1.165, 1.54) is 43.8 Å². The zero-order valence-corrected chi connectivity index (χ0v) is 18.1. The monoisotopic (exact) mass is 453 g/mol. The summed E-state index contributed by atoms with van der Waals surface area (Å²) in [5.41, 5.74) is 0.406. The number of hydrogen-bond acceptors (Lipinski definition) is 6. The van der Waals surface area contributed by atoms with E-state index in [0.29, 0.717) is 9.90 Å². The highest BCUT2D eigenvalue weighted by Gasteiger charge is 2.22. The molecule has 0 saturated heterocycles. The maximum Gasteiger partial charge on any atom is 0.339 e. The largest absolute Gasteiger partial charge is 0.465 e. The molecule has 1 heterocycles. The lowest BCUT2D eigenvalue weighted by molar-refractivity contribution is 0.0587. The Bertz CT molecular complexity index is 1360. The molecule has 6 nitrogen and oxygen atoms in total. The number of methoxy groups -OCH3 is 2. The average molecular weight is 454 g/mol. The Kier molecular flexibility index (Phi) is 5.63. The number of carbonyl (C=O) groups is 3. The third-order valence-corrected chi connectivity index (χ3v) is 6.47. The van der Waals surface area contributed by atoms with E-state index >= 15 is 0 Å². The standard InChI is InChI=1S/C23H16ClNO5S/c1-29-22(27)13-7-9-15(23(28)30-2)16(11-13)25-21(26)20-19(24)18-14-6-4-3-5-12(14)8-10-17(18)31-20/h3-11H,1-2H3,(H,25,26). The second-order valence-corrected chi connectivity index (χ2v) is 8.03. The number of thiophene rings is 1. The van der Waals surface area contributed by atoms with Gasteiger partial charge in [0, 0.05) is 10.1 Å². The molecule has 0 radical (unpaired) electrons. The summed E-state index contributed by atoms with van der Waals surface area (Å²) in [6, 6.07) is 15.9. The van der Waals surface area contributed by atoms with Gasteiger partial charge in [-0.25, -0.2) is 9.59 Å². The summed E-state index contributed by atoms with van der Waals surface area (Å²) in [5.74, 6) is -1.75. The molecule has 0 fully saturated rings. The molecule has 0 spiro atoms. The predicted molar refractivity (Wildman–Crippen MR) is 121 cm³/mol. The predicted octanol–water partition coefficient (Wildman–Crippen LogP) is 5.53. The average Bonchev–Trinajstić information content (AvgIpc) is 3.15. The van der Waals surface area contributed by atoms with E-state index in [2.05, 4.69) is 5.32 Å². The maximum absolute atomic E-state index is 13.1. The molecule has 156 valence electrons. The molecule has 0 aliphatic heterocycles. The summed E-state index contributed by atoms with van der Waals surface area (Å²) < 4.78 is 10.4. The summed E-state index contributed by atoms with van der Waals surface area (Å²) in [6.07, 6.45) is 0. The third kappa shape index (κ3) is 3.73. The van der Waals surface area contributed by atoms with Crippen LogP contribution in [-0.4, -0.2) is 32.1 Å². The Balaban J connectivity index is 1.78. The van der Waals surface area contributed by atoms with Gasteiger partial charge in [-0.15, -0.1) is 11.3 Å². The van der Waals surface area contributed by atoms with Crippen LogP contribution in [0.3, 0.4) is 0 Å². The minimum absolute atomic E-state index is 0.103. The van der Waals surface area contributed by atoms with Gasteiger partial charge in [-0.2, -0.15) is 0 Å². The van der Waals surface area contributed by atoms with Crippen molar-refractivity contribution >= 4 is 67.3 Å². The van der Waals surface area contributed by atoms with Gasteiger partial charge in [0.2, 0.25) is 0 Å². The molecule has 31 heavy (non-hydrogen) atoms. The molecular weight excluding hydrogens is 438 g/mol. The van der Waals surface area contributed by atoms with Crippen molar-refractivity contribution in [3.05, 3.63) is 75.6 Å². The normalized spacial score (nSPS) is 10.8. The molecule has 8 heteroatoms. The van der Waals surface area contributed by atoms with E-state index in [0.717, 1.165) is 20.9 Å². The highest BCUT2D eigenvalue weighted by Crippen LogP contribution is 2.40. The van der Waals surface area contributed by atoms with Crippen LogP contribution >= 0.6 is 22.9 Å². The van der Waals surface area contributed by atoms with E-state index in [1.807, 2.05) is 36.4 Å². The zero-order valence-electron chi connectivity index (χ0n) is 16.5. The zero-order chi connectivity index (χ0) is 22.1. The van der Waals surface area contributed by atoms with Crippen molar-refractivity contribution in [1.82, 2.24) is 0 Å². The van der Waals surface area contributed by atoms with Gasteiger partial charge in [-0.3, -0.25) is 4.79 Å². The Labute approximate surface area is 186 Å². The number of amides is 1. The number of rotatable bonds is 4. The van der Waals surface area contributed by atoms with Gasteiger partial charge in [0.15, 0.2) is 0 Å². The van der Waals surface area contributed by atoms with Gasteiger partial charge in [-0.1, -0.05) is 41.9 Å². The number of fused-ring (bicyclic) bond motifs is 3. The Morgan fingerprint density at radius 3 is 2.42 bits per heavy atom. The van der Waals surface area contributed by atoms with Gasteiger partial charge in [0.1, 0.15) is 4.88 Å². The fraction of sp³-hybridized carbons (Fsp3) is 0.0870. The molecule has 0 bridgehead atoms. The van der Waals surface area contributed by atoms with E-state index in [1.54, 1.807) is 0 Å². The molecule has 0 aliphatic rings. The fourth-order valence-electron chi connectivity index (χ4n) is 3.34. The van der Waals surface area contributed by atoms with Crippen molar-refractivity contribution in [3.63, 3.8) is 0 Å². The molecular formula is C23H16ClNO5S. The second kappa shape index (κ2) is 8.37. The van der Waals surface area contributed by atoms with Crippen LogP contribution in [-0.2, 0) is 9.47 Å². The highest BCUT2D eigenvalue weighted by atomic mass is 35.5. The summed E-state index contributed by atoms with van der Waals surface area (Å²) in [6.45, 7) is 0. The quantitative estimate of drug-likeness (QED) is 0.410. The van der Waals surface area contributed by atoms with Crippen LogP contribution in [0.1, 0.15) is 30.4 Å². The fourth-order valence-corrected chi connectivity index (χ4v) is 4.80. The SMILES string of the molecule is COC(=O)c1ccc(C(=O)OC)c(NC(=O)c2sc3ccc4ccccc4c3c2Cl)c1. The number of anilines is 1. The second-order valence-electron chi connectivity index (χ2n) is 6.60. The summed E-state index contributed by atoms with van der Waals surface area (Å²) in [7, 11) is 2.48. The van der Waals surface area contributed by atoms with Gasteiger partial charge >= 0.3 is 11.9 Å². The molecule has 0 unspecified atom stereocenters. The van der Waals surface area contributed by atoms with Crippen LogP contribution in [0, 0.1) is 0 Å². The molecule has 0 aliphatic carbocycles. The number of nitrogens with one attached hydrogen (secondary N) is 1. The Hall–Kier alpha value is -3.42. The van der Waals surface area contributed by atoms with E-state index in [4.69, 9.17) is 21.1 Å². The minimum atomic E-state index is -0.653. The Morgan fingerprint density at radius 1 is 0.935 bits per heavy atom. The molecule has 3 aromatic carbocycles. The summed E-state index contributed by atoms with van der Waals surface area (Å²) >= 11 is 7.86. The number of carbonyl (C=O) groups excluding carboxylic acids is 3. The van der Waals surface area contributed by atoms with Crippen LogP contribution in [0.5, 0.6) is 0 Å². The first-order valence-electron chi connectivity index (χ1n) is 9.16. The van der Waals surface area contributed by atoms with Gasteiger partial charge in [0.05, 0.1) is 36.1 Å². The van der Waals surface area contributed by atoms with E-state index in [9.17, 15) is 14.4 Å². The van der Waals surface area contributed by atoms with Crippen molar-refractivity contribution in [2.24, 2.45) is 0 Å². The van der Waals surface area contributed by atoms with Crippen LogP contribution in [0.2, 0.25) is 5.02 Å². The van der Waals surface area contributed by atoms with Crippen LogP contribution < -0.4 is 5.32 Å². The minimum Gasteiger partial charge on any atom is -0.465 e. The van der Waals surface area contributed by atoms with Crippen molar-refractivity contribution in [2.45, 2.75) is 0 Å². The lowest BCUT2D eigenvalue weighted by Gasteiger charge is -2.11. The first-order chi connectivity index (χ1) is 14.9. The molecule has 1 amide bonds. The first-order valence-corrected chi connectivity index (χ1v) is 10.4. The smallest absolute Gasteiger partial charge is 0.339 e. The van der Waals surface area contributed by atoms with Crippen molar-refractivity contribution in [3.8, 4) is 0 Å². The topological polar surface area (TPSA) is 81.7 Å². The first kappa shape index (κ1) is 20.8. The van der Waals surface area contributed by atoms with Gasteiger partial charge < -0.3 is 14.8 Å². The van der Waals surface area contributed by atoms with Crippen molar-refractivity contribution in [1.29, 1.82) is 0 Å². The number of benzene rings is 3. The van der Waals surface area contributed by atoms with Crippen LogP contribution in [0.4, 0.5) is 5.69 Å². The van der Waals surface area contributed by atoms with Gasteiger partial charge in [0.25, 0.3) is 5.91 Å². The molecule has 1 N–H and O–H groups in total. The molecule has 4 aromatic rings. The summed E-state index contributed by atoms with van der Waals surface area (Å²) in [4.78, 5) is 37.4. The third-order valence-electron chi connectivity index (χ3n) is 4.82. The summed E-state index contributed by atoms with van der Waals surface area (Å²) in [5, 5.41) is 5.78. The number of hydrogen-bond donors (Lipinski definition) is 1. The van der Waals surface area contributed by atoms with Gasteiger partial charge in [-0.05, 0) is 35.0 Å². The highest BCUT2D eigenvalue weighted by molar-refractivity contribution is 7.22. The number of esters is 2. The van der Waals surface area contributed by atoms with E-state index < -0.39 is 17.8 Å². The molecule has 1 aromatic heterocycles. The molecule has 0 saturated carbocycles. The number of halogens is 1. The lowest BCUT2D eigenvalue weighted by Crippen LogP contribution is -2.16. The van der Waals surface area contributed by atoms with Crippen molar-refractivity contribution in [2.75, 3.05) is 19.5 Å². The van der Waals surface area contributed by atoms with Crippen LogP contribution in [0.15, 0.2) is 54.6 Å². The van der Waals surface area contributed by atoms with E-state index in [-0.39, 0.29) is 16.8 Å². The molecule has 0 atom stereocenters. The number of ether oxygens (including phenoxy) is 2. The lowest BCUT2D eigenvalue weighted by atomic mass is 10.1. The van der Waals surface area contributed by atoms with Crippen molar-refractivity contribution < 1.29 is 23.9 Å².